The van der Waals surface area contributed by atoms with Gasteiger partial charge in [0.15, 0.2) is 0 Å². The lowest BCUT2D eigenvalue weighted by Crippen LogP contribution is -2.33. The van der Waals surface area contributed by atoms with Gasteiger partial charge in [-0.15, -0.1) is 0 Å². The van der Waals surface area contributed by atoms with E-state index >= 15 is 0 Å². The second-order valence-electron chi connectivity index (χ2n) is 20.7. The quantitative estimate of drug-likeness (QED) is 0.0347. The molecule has 0 N–H and O–H groups in total. The molecule has 5 heteroatoms. The van der Waals surface area contributed by atoms with E-state index in [0.717, 1.165) is 19.3 Å². The number of unbranched alkanes of at least 4 members (excludes halogenated alkanes) is 45. The Morgan fingerprint density at radius 2 is 0.477 bits per heavy atom. The Morgan fingerprint density at radius 3 is 0.662 bits per heavy atom. The zero-order valence-electron chi connectivity index (χ0n) is 44.6. The fourth-order valence-electron chi connectivity index (χ4n) is 9.60. The van der Waals surface area contributed by atoms with Crippen LogP contribution in [0.2, 0.25) is 0 Å². The van der Waals surface area contributed by atoms with Crippen molar-refractivity contribution in [2.24, 2.45) is 0 Å². The summed E-state index contributed by atoms with van der Waals surface area (Å²) in [6, 6.07) is 0. The van der Waals surface area contributed by atoms with Gasteiger partial charge in [0.1, 0.15) is 18.6 Å². The molecule has 0 spiro atoms. The van der Waals surface area contributed by atoms with Gasteiger partial charge in [0, 0.05) is 12.2 Å². The summed E-state index contributed by atoms with van der Waals surface area (Å²) in [5, 5.41) is 0. The van der Waals surface area contributed by atoms with Crippen molar-refractivity contribution < 1.29 is 17.5 Å². The van der Waals surface area contributed by atoms with Crippen molar-refractivity contribution in [3.8, 4) is 0 Å². The average Bonchev–Trinajstić information content (AvgIpc) is 3.29. The van der Waals surface area contributed by atoms with Crippen LogP contribution in [0, 0.1) is 0 Å². The Labute approximate surface area is 410 Å². The van der Waals surface area contributed by atoms with Gasteiger partial charge in [0.05, 0.1) is 16.7 Å². The molecule has 4 nitrogen and oxygen atoms in total. The van der Waals surface area contributed by atoms with E-state index in [1.807, 2.05) is 0 Å². The van der Waals surface area contributed by atoms with Gasteiger partial charge >= 0.3 is 0 Å². The van der Waals surface area contributed by atoms with E-state index in [-0.39, 0.29) is 5.75 Å². The topological polar surface area (TPSA) is 57.2 Å². The number of allylic oxidation sites excluding steroid dienone is 3. The van der Waals surface area contributed by atoms with E-state index in [9.17, 15) is 13.0 Å². The van der Waals surface area contributed by atoms with Crippen LogP contribution < -0.4 is 0 Å². The van der Waals surface area contributed by atoms with E-state index in [2.05, 4.69) is 57.6 Å². The first-order chi connectivity index (χ1) is 31.9. The third-order valence-electron chi connectivity index (χ3n) is 14.0. The van der Waals surface area contributed by atoms with Crippen LogP contribution >= 0.6 is 0 Å². The average molecular weight is 933 g/mol. The Kier molecular flexibility index (Phi) is 51.7. The maximum Gasteiger partial charge on any atom is 0.101 e. The van der Waals surface area contributed by atoms with E-state index in [0.29, 0.717) is 17.4 Å². The molecule has 0 unspecified atom stereocenters. The molecule has 0 aliphatic carbocycles. The van der Waals surface area contributed by atoms with Crippen LogP contribution in [-0.2, 0) is 10.1 Å². The maximum atomic E-state index is 11.7. The molecule has 0 aliphatic heterocycles. The minimum atomic E-state index is -4.24. The monoisotopic (exact) mass is 932 g/mol. The molecular formula is C60H117NO3S. The Hall–Kier alpha value is -0.910. The smallest absolute Gasteiger partial charge is 0.101 e. The first-order valence-corrected chi connectivity index (χ1v) is 31.3. The predicted molar refractivity (Wildman–Crippen MR) is 290 cm³/mol. The van der Waals surface area contributed by atoms with Crippen molar-refractivity contribution in [3.05, 3.63) is 36.8 Å². The molecule has 0 bridgehead atoms. The maximum absolute atomic E-state index is 11.7. The van der Waals surface area contributed by atoms with Crippen LogP contribution in [0.5, 0.6) is 0 Å². The molecule has 0 fully saturated rings. The third-order valence-corrected chi connectivity index (χ3v) is 14.8. The molecule has 386 valence electrons. The fraction of sp³-hybridized carbons (Fsp3) is 0.900. The van der Waals surface area contributed by atoms with Crippen molar-refractivity contribution in [2.75, 3.05) is 12.3 Å². The van der Waals surface area contributed by atoms with E-state index in [1.54, 1.807) is 0 Å². The standard InChI is InChI=1S/C60H117NO3S/c1-4-7-10-13-16-19-22-25-28-31-34-37-40-43-46-49-52-56-61(59-55-60-65(62,63)64,57-53-50-47-44-41-38-35-32-29-26-23-20-17-14-11-8-5-2)58-54-51-48-45-42-39-36-33-30-27-24-21-18-15-12-9-6-3/h52-54,56-58H,4-51,55,59-60H2,1-3H3/b56-52+,57-53+,58-54+. The summed E-state index contributed by atoms with van der Waals surface area (Å²) < 4.78 is 35.6. The molecule has 0 aromatic heterocycles. The number of hydrogen-bond acceptors (Lipinski definition) is 3. The molecule has 65 heavy (non-hydrogen) atoms. The molecule has 0 rings (SSSR count). The summed E-state index contributed by atoms with van der Waals surface area (Å²) in [4.78, 5) is 0. The summed E-state index contributed by atoms with van der Waals surface area (Å²) in [7, 11) is -4.24. The normalized spacial score (nSPS) is 12.6. The molecule has 0 aromatic carbocycles. The van der Waals surface area contributed by atoms with Crippen LogP contribution in [0.3, 0.4) is 0 Å². The van der Waals surface area contributed by atoms with Crippen LogP contribution in [0.25, 0.3) is 0 Å². The lowest BCUT2D eigenvalue weighted by molar-refractivity contribution is -0.773. The summed E-state index contributed by atoms with van der Waals surface area (Å²) in [6.45, 7) is 7.50. The fourth-order valence-corrected chi connectivity index (χ4v) is 10.1. The molecule has 0 heterocycles. The first-order valence-electron chi connectivity index (χ1n) is 29.7. The summed E-state index contributed by atoms with van der Waals surface area (Å²) in [5.74, 6) is -0.292. The van der Waals surface area contributed by atoms with Gasteiger partial charge in [-0.3, -0.25) is 0 Å². The van der Waals surface area contributed by atoms with E-state index < -0.39 is 10.1 Å². The van der Waals surface area contributed by atoms with Gasteiger partial charge in [-0.2, -0.15) is 0 Å². The van der Waals surface area contributed by atoms with Crippen LogP contribution in [0.1, 0.15) is 335 Å². The lowest BCUT2D eigenvalue weighted by atomic mass is 10.0. The molecule has 0 atom stereocenters. The molecule has 0 aliphatic rings. The highest BCUT2D eigenvalue weighted by molar-refractivity contribution is 7.85. The molecule has 0 radical (unpaired) electrons. The SMILES string of the molecule is CCCCCCCCCCCCCCCCC/C=C/[N+](/C=C/CCCCCCCCCCCCCCCCC)(/C=C/CCCCCCCCCCCCCCCCC)CCCS(=O)(=O)[O-]. The molecule has 0 amide bonds. The minimum absolute atomic E-state index is 0.292. The second-order valence-corrected chi connectivity index (χ2v) is 22.2. The highest BCUT2D eigenvalue weighted by atomic mass is 32.2. The number of rotatable bonds is 55. The highest BCUT2D eigenvalue weighted by Gasteiger charge is 2.19. The van der Waals surface area contributed by atoms with E-state index in [1.165, 1.54) is 289 Å². The number of hydrogen-bond donors (Lipinski definition) is 0. The van der Waals surface area contributed by atoms with E-state index in [4.69, 9.17) is 0 Å². The summed E-state index contributed by atoms with van der Waals surface area (Å²) in [5.41, 5.74) is 0. The van der Waals surface area contributed by atoms with Gasteiger partial charge in [-0.25, -0.2) is 12.9 Å². The minimum Gasteiger partial charge on any atom is -0.748 e. The van der Waals surface area contributed by atoms with Gasteiger partial charge in [0.25, 0.3) is 0 Å². The Morgan fingerprint density at radius 1 is 0.292 bits per heavy atom. The molecule has 0 saturated carbocycles. The summed E-state index contributed by atoms with van der Waals surface area (Å²) in [6.07, 6.45) is 79.4. The highest BCUT2D eigenvalue weighted by Crippen LogP contribution is 2.21. The molecule has 0 saturated heterocycles. The van der Waals surface area contributed by atoms with Crippen molar-refractivity contribution in [1.29, 1.82) is 0 Å². The Balaban J connectivity index is 4.88. The second kappa shape index (κ2) is 52.5. The zero-order valence-corrected chi connectivity index (χ0v) is 45.4. The molecule has 0 aromatic rings. The predicted octanol–water partition coefficient (Wildman–Crippen LogP) is 21.1. The third kappa shape index (κ3) is 52.3. The number of quaternary nitrogens is 1. The zero-order chi connectivity index (χ0) is 47.3. The summed E-state index contributed by atoms with van der Waals surface area (Å²) >= 11 is 0. The van der Waals surface area contributed by atoms with Crippen molar-refractivity contribution >= 4 is 10.1 Å². The van der Waals surface area contributed by atoms with Crippen molar-refractivity contribution in [2.45, 2.75) is 335 Å². The van der Waals surface area contributed by atoms with Crippen LogP contribution in [0.15, 0.2) is 36.8 Å². The number of nitrogens with zero attached hydrogens (tertiary/aromatic N) is 1. The van der Waals surface area contributed by atoms with Gasteiger partial charge in [-0.05, 0) is 56.8 Å². The van der Waals surface area contributed by atoms with Crippen LogP contribution in [0.4, 0.5) is 0 Å². The van der Waals surface area contributed by atoms with Gasteiger partial charge in [-0.1, -0.05) is 290 Å². The van der Waals surface area contributed by atoms with Gasteiger partial charge in [0.2, 0.25) is 0 Å². The van der Waals surface area contributed by atoms with Crippen LogP contribution in [-0.4, -0.2) is 29.8 Å². The van der Waals surface area contributed by atoms with Gasteiger partial charge < -0.3 is 4.55 Å². The lowest BCUT2D eigenvalue weighted by Gasteiger charge is -2.27. The largest absolute Gasteiger partial charge is 0.748 e. The van der Waals surface area contributed by atoms with Crippen molar-refractivity contribution in [3.63, 3.8) is 0 Å². The first kappa shape index (κ1) is 64.1. The van der Waals surface area contributed by atoms with Crippen molar-refractivity contribution in [1.82, 2.24) is 0 Å². The molecular weight excluding hydrogens is 815 g/mol. The Bertz CT molecular complexity index is 1010.